The number of ether oxygens (including phenoxy) is 2. The fourth-order valence-electron chi connectivity index (χ4n) is 2.85. The van der Waals surface area contributed by atoms with Gasteiger partial charge in [0.2, 0.25) is 21.7 Å². The molecule has 0 radical (unpaired) electrons. The molecule has 0 aliphatic carbocycles. The molecule has 0 spiro atoms. The fraction of sp³-hybridized carbons (Fsp3) is 0.300. The van der Waals surface area contributed by atoms with Crippen molar-refractivity contribution in [2.24, 2.45) is 0 Å². The van der Waals surface area contributed by atoms with Crippen molar-refractivity contribution in [3.8, 4) is 22.9 Å². The van der Waals surface area contributed by atoms with Crippen LogP contribution in [0.5, 0.6) is 11.5 Å². The normalized spacial score (nSPS) is 11.6. The third-order valence-corrected chi connectivity index (χ3v) is 6.29. The molecule has 0 amide bonds. The van der Waals surface area contributed by atoms with Gasteiger partial charge in [-0.05, 0) is 42.3 Å². The summed E-state index contributed by atoms with van der Waals surface area (Å²) in [4.78, 5) is 4.49. The number of nitrogens with zero attached hydrogens (tertiary/aromatic N) is 3. The van der Waals surface area contributed by atoms with Gasteiger partial charge in [0.1, 0.15) is 11.5 Å². The second kappa shape index (κ2) is 8.62. The number of hydrogen-bond acceptors (Lipinski definition) is 7. The Balaban J connectivity index is 1.81. The summed E-state index contributed by atoms with van der Waals surface area (Å²) in [5.74, 6) is 1.88. The highest BCUT2D eigenvalue weighted by Gasteiger charge is 2.24. The Morgan fingerprint density at radius 2 is 1.90 bits per heavy atom. The molecule has 29 heavy (non-hydrogen) atoms. The van der Waals surface area contributed by atoms with Crippen molar-refractivity contribution in [2.45, 2.75) is 24.8 Å². The molecule has 3 rings (SSSR count). The summed E-state index contributed by atoms with van der Waals surface area (Å²) >= 11 is 0. The van der Waals surface area contributed by atoms with Gasteiger partial charge < -0.3 is 14.0 Å². The maximum absolute atomic E-state index is 12.9. The van der Waals surface area contributed by atoms with Crippen molar-refractivity contribution in [1.82, 2.24) is 14.4 Å². The van der Waals surface area contributed by atoms with Gasteiger partial charge >= 0.3 is 0 Å². The standard InChI is InChI=1S/C20H23N3O5S/c1-5-14-12-17(9-10-18(14)27-4)29(24,25)23(2)13-19-21-20(22-28-19)15-7-6-8-16(11-15)26-3/h6-12H,5,13H2,1-4H3. The lowest BCUT2D eigenvalue weighted by atomic mass is 10.1. The first-order valence-electron chi connectivity index (χ1n) is 8.99. The smallest absolute Gasteiger partial charge is 0.243 e. The zero-order valence-corrected chi connectivity index (χ0v) is 17.6. The van der Waals surface area contributed by atoms with Crippen molar-refractivity contribution >= 4 is 10.0 Å². The van der Waals surface area contributed by atoms with E-state index in [2.05, 4.69) is 10.1 Å². The SMILES string of the molecule is CCc1cc(S(=O)(=O)N(C)Cc2nc(-c3cccc(OC)c3)no2)ccc1OC. The molecule has 3 aromatic rings. The van der Waals surface area contributed by atoms with E-state index in [0.717, 1.165) is 5.56 Å². The van der Waals surface area contributed by atoms with E-state index in [1.54, 1.807) is 32.4 Å². The van der Waals surface area contributed by atoms with E-state index in [9.17, 15) is 8.42 Å². The van der Waals surface area contributed by atoms with Crippen LogP contribution >= 0.6 is 0 Å². The van der Waals surface area contributed by atoms with Crippen LogP contribution in [0.25, 0.3) is 11.4 Å². The first kappa shape index (κ1) is 20.8. The Bertz CT molecular complexity index is 1100. The first-order valence-corrected chi connectivity index (χ1v) is 10.4. The number of aromatic nitrogens is 2. The van der Waals surface area contributed by atoms with Gasteiger partial charge in [-0.3, -0.25) is 0 Å². The molecule has 8 nitrogen and oxygen atoms in total. The summed E-state index contributed by atoms with van der Waals surface area (Å²) in [6.45, 7) is 1.89. The van der Waals surface area contributed by atoms with Crippen LogP contribution in [0.3, 0.4) is 0 Å². The van der Waals surface area contributed by atoms with Gasteiger partial charge in [-0.1, -0.05) is 24.2 Å². The molecule has 0 N–H and O–H groups in total. The van der Waals surface area contributed by atoms with Crippen molar-refractivity contribution < 1.29 is 22.4 Å². The second-order valence-electron chi connectivity index (χ2n) is 6.33. The van der Waals surface area contributed by atoms with Crippen LogP contribution in [0.1, 0.15) is 18.4 Å². The molecule has 1 heterocycles. The number of aryl methyl sites for hydroxylation is 1. The van der Waals surface area contributed by atoms with Crippen LogP contribution in [0.4, 0.5) is 0 Å². The molecular weight excluding hydrogens is 394 g/mol. The van der Waals surface area contributed by atoms with E-state index in [1.807, 2.05) is 25.1 Å². The molecule has 0 saturated carbocycles. The maximum atomic E-state index is 12.9. The maximum Gasteiger partial charge on any atom is 0.243 e. The molecule has 0 fully saturated rings. The van der Waals surface area contributed by atoms with Crippen LogP contribution in [0.15, 0.2) is 51.9 Å². The zero-order valence-electron chi connectivity index (χ0n) is 16.7. The van der Waals surface area contributed by atoms with Gasteiger partial charge in [0, 0.05) is 12.6 Å². The monoisotopic (exact) mass is 417 g/mol. The minimum Gasteiger partial charge on any atom is -0.497 e. The predicted molar refractivity (Wildman–Crippen MR) is 107 cm³/mol. The van der Waals surface area contributed by atoms with E-state index < -0.39 is 10.0 Å². The highest BCUT2D eigenvalue weighted by molar-refractivity contribution is 7.89. The predicted octanol–water partition coefficient (Wildman–Crippen LogP) is 3.14. The molecule has 0 bridgehead atoms. The Morgan fingerprint density at radius 1 is 1.10 bits per heavy atom. The van der Waals surface area contributed by atoms with Crippen molar-refractivity contribution in [3.63, 3.8) is 0 Å². The first-order chi connectivity index (χ1) is 13.9. The van der Waals surface area contributed by atoms with Gasteiger partial charge in [0.05, 0.1) is 25.7 Å². The van der Waals surface area contributed by atoms with Gasteiger partial charge in [-0.2, -0.15) is 9.29 Å². The van der Waals surface area contributed by atoms with Gasteiger partial charge in [0.25, 0.3) is 0 Å². The van der Waals surface area contributed by atoms with Crippen molar-refractivity contribution in [2.75, 3.05) is 21.3 Å². The Labute approximate surface area is 170 Å². The highest BCUT2D eigenvalue weighted by atomic mass is 32.2. The summed E-state index contributed by atoms with van der Waals surface area (Å²) in [6.07, 6.45) is 0.657. The molecule has 154 valence electrons. The summed E-state index contributed by atoms with van der Waals surface area (Å²) < 4.78 is 42.8. The average molecular weight is 417 g/mol. The number of methoxy groups -OCH3 is 2. The largest absolute Gasteiger partial charge is 0.497 e. The highest BCUT2D eigenvalue weighted by Crippen LogP contribution is 2.26. The second-order valence-corrected chi connectivity index (χ2v) is 8.38. The van der Waals surface area contributed by atoms with Crippen molar-refractivity contribution in [1.29, 1.82) is 0 Å². The molecule has 9 heteroatoms. The number of hydrogen-bond donors (Lipinski definition) is 0. The lowest BCUT2D eigenvalue weighted by molar-refractivity contribution is 0.336. The average Bonchev–Trinajstić information content (AvgIpc) is 3.21. The van der Waals surface area contributed by atoms with Crippen LogP contribution in [0.2, 0.25) is 0 Å². The summed E-state index contributed by atoms with van der Waals surface area (Å²) in [6, 6.07) is 12.0. The lowest BCUT2D eigenvalue weighted by Gasteiger charge is -2.16. The van der Waals surface area contributed by atoms with Crippen LogP contribution in [-0.2, 0) is 23.0 Å². The Hall–Kier alpha value is -2.91. The summed E-state index contributed by atoms with van der Waals surface area (Å²) in [5, 5.41) is 3.94. The van der Waals surface area contributed by atoms with Gasteiger partial charge in [-0.25, -0.2) is 8.42 Å². The van der Waals surface area contributed by atoms with Gasteiger partial charge in [0.15, 0.2) is 0 Å². The van der Waals surface area contributed by atoms with Crippen LogP contribution in [0, 0.1) is 0 Å². The zero-order chi connectivity index (χ0) is 21.0. The molecule has 0 unspecified atom stereocenters. The van der Waals surface area contributed by atoms with Crippen molar-refractivity contribution in [3.05, 3.63) is 53.9 Å². The molecule has 1 aromatic heterocycles. The molecule has 0 saturated heterocycles. The van der Waals surface area contributed by atoms with E-state index >= 15 is 0 Å². The Kier molecular flexibility index (Phi) is 6.19. The van der Waals surface area contributed by atoms with Gasteiger partial charge in [-0.15, -0.1) is 0 Å². The summed E-state index contributed by atoms with van der Waals surface area (Å²) in [5.41, 5.74) is 1.53. The number of rotatable bonds is 8. The number of sulfonamides is 1. The number of benzene rings is 2. The van der Waals surface area contributed by atoms with E-state index in [-0.39, 0.29) is 17.3 Å². The molecular formula is C20H23N3O5S. The molecule has 0 aliphatic heterocycles. The summed E-state index contributed by atoms with van der Waals surface area (Å²) in [7, 11) is 0.875. The van der Waals surface area contributed by atoms with E-state index in [0.29, 0.717) is 29.3 Å². The quantitative estimate of drug-likeness (QED) is 0.556. The van der Waals surface area contributed by atoms with Crippen LogP contribution < -0.4 is 9.47 Å². The minimum atomic E-state index is -3.73. The minimum absolute atomic E-state index is 0.0488. The van der Waals surface area contributed by atoms with E-state index in [1.165, 1.54) is 17.4 Å². The lowest BCUT2D eigenvalue weighted by Crippen LogP contribution is -2.26. The fourth-order valence-corrected chi connectivity index (χ4v) is 4.02. The Morgan fingerprint density at radius 3 is 2.59 bits per heavy atom. The topological polar surface area (TPSA) is 94.8 Å². The van der Waals surface area contributed by atoms with Crippen LogP contribution in [-0.4, -0.2) is 44.1 Å². The third kappa shape index (κ3) is 4.41. The molecule has 0 atom stereocenters. The molecule has 0 aliphatic rings. The van der Waals surface area contributed by atoms with E-state index in [4.69, 9.17) is 14.0 Å². The molecule has 2 aromatic carbocycles. The third-order valence-electron chi connectivity index (χ3n) is 4.49.